The van der Waals surface area contributed by atoms with Crippen molar-refractivity contribution in [2.75, 3.05) is 32.8 Å². The number of hydrogen-bond donors (Lipinski definition) is 1. The SMILES string of the molecule is CCCn1ncc(C(=O)NC2(CN3CCOCC3)CCCC2)c1C. The summed E-state index contributed by atoms with van der Waals surface area (Å²) in [4.78, 5) is 15.3. The average molecular weight is 334 g/mol. The van der Waals surface area contributed by atoms with Crippen molar-refractivity contribution in [2.24, 2.45) is 0 Å². The fourth-order valence-electron chi connectivity index (χ4n) is 3.98. The molecule has 1 aliphatic carbocycles. The molecule has 3 rings (SSSR count). The standard InChI is InChI=1S/C18H30N4O2/c1-3-8-22-15(2)16(13-19-22)17(23)20-18(6-4-5-7-18)14-21-9-11-24-12-10-21/h13H,3-12,14H2,1-2H3,(H,20,23). The summed E-state index contributed by atoms with van der Waals surface area (Å²) >= 11 is 0. The van der Waals surface area contributed by atoms with Crippen molar-refractivity contribution in [3.8, 4) is 0 Å². The van der Waals surface area contributed by atoms with E-state index in [-0.39, 0.29) is 11.4 Å². The summed E-state index contributed by atoms with van der Waals surface area (Å²) in [7, 11) is 0. The molecule has 0 unspecified atom stereocenters. The lowest BCUT2D eigenvalue weighted by atomic mass is 9.95. The van der Waals surface area contributed by atoms with E-state index in [1.807, 2.05) is 11.6 Å². The van der Waals surface area contributed by atoms with Gasteiger partial charge in [0.1, 0.15) is 0 Å². The predicted octanol–water partition coefficient (Wildman–Crippen LogP) is 1.98. The number of hydrogen-bond acceptors (Lipinski definition) is 4. The monoisotopic (exact) mass is 334 g/mol. The fourth-order valence-corrected chi connectivity index (χ4v) is 3.98. The van der Waals surface area contributed by atoms with Crippen molar-refractivity contribution < 1.29 is 9.53 Å². The first-order valence-corrected chi connectivity index (χ1v) is 9.28. The van der Waals surface area contributed by atoms with Gasteiger partial charge in [-0.25, -0.2) is 0 Å². The molecule has 2 heterocycles. The first-order valence-electron chi connectivity index (χ1n) is 9.28. The summed E-state index contributed by atoms with van der Waals surface area (Å²) in [6.45, 7) is 9.43. The van der Waals surface area contributed by atoms with E-state index in [1.54, 1.807) is 6.20 Å². The quantitative estimate of drug-likeness (QED) is 0.864. The Morgan fingerprint density at radius 1 is 1.33 bits per heavy atom. The molecule has 0 bridgehead atoms. The van der Waals surface area contributed by atoms with E-state index in [9.17, 15) is 4.79 Å². The molecular weight excluding hydrogens is 304 g/mol. The number of nitrogens with zero attached hydrogens (tertiary/aromatic N) is 3. The zero-order valence-electron chi connectivity index (χ0n) is 15.0. The number of carbonyl (C=O) groups excluding carboxylic acids is 1. The Morgan fingerprint density at radius 2 is 2.04 bits per heavy atom. The van der Waals surface area contributed by atoms with E-state index >= 15 is 0 Å². The summed E-state index contributed by atoms with van der Waals surface area (Å²) in [5, 5.41) is 7.75. The smallest absolute Gasteiger partial charge is 0.255 e. The van der Waals surface area contributed by atoms with Crippen molar-refractivity contribution in [1.29, 1.82) is 0 Å². The Morgan fingerprint density at radius 3 is 2.71 bits per heavy atom. The van der Waals surface area contributed by atoms with Crippen molar-refractivity contribution in [3.05, 3.63) is 17.5 Å². The van der Waals surface area contributed by atoms with Gasteiger partial charge < -0.3 is 10.1 Å². The molecule has 1 aromatic heterocycles. The van der Waals surface area contributed by atoms with Gasteiger partial charge in [0.15, 0.2) is 0 Å². The Bertz CT molecular complexity index is 557. The molecule has 6 nitrogen and oxygen atoms in total. The van der Waals surface area contributed by atoms with Crippen LogP contribution in [0.3, 0.4) is 0 Å². The number of rotatable bonds is 6. The topological polar surface area (TPSA) is 59.4 Å². The van der Waals surface area contributed by atoms with Gasteiger partial charge in [0.05, 0.1) is 30.5 Å². The van der Waals surface area contributed by atoms with Crippen LogP contribution in [-0.2, 0) is 11.3 Å². The molecule has 1 amide bonds. The molecule has 1 saturated carbocycles. The van der Waals surface area contributed by atoms with E-state index in [0.29, 0.717) is 0 Å². The number of aromatic nitrogens is 2. The minimum Gasteiger partial charge on any atom is -0.379 e. The lowest BCUT2D eigenvalue weighted by Crippen LogP contribution is -2.55. The van der Waals surface area contributed by atoms with Crippen molar-refractivity contribution >= 4 is 5.91 Å². The third-order valence-electron chi connectivity index (χ3n) is 5.35. The summed E-state index contributed by atoms with van der Waals surface area (Å²) in [6, 6.07) is 0. The van der Waals surface area contributed by atoms with Crippen LogP contribution in [0.5, 0.6) is 0 Å². The second-order valence-corrected chi connectivity index (χ2v) is 7.20. The van der Waals surface area contributed by atoms with Gasteiger partial charge in [-0.15, -0.1) is 0 Å². The minimum absolute atomic E-state index is 0.0324. The molecule has 0 atom stereocenters. The molecule has 6 heteroatoms. The van der Waals surface area contributed by atoms with E-state index < -0.39 is 0 Å². The second-order valence-electron chi connectivity index (χ2n) is 7.20. The first kappa shape index (κ1) is 17.4. The normalized spacial score (nSPS) is 21.1. The molecule has 1 N–H and O–H groups in total. The van der Waals surface area contributed by atoms with E-state index in [0.717, 1.165) is 69.9 Å². The van der Waals surface area contributed by atoms with Crippen LogP contribution < -0.4 is 5.32 Å². The summed E-state index contributed by atoms with van der Waals surface area (Å²) in [5.74, 6) is 0.0324. The maximum Gasteiger partial charge on any atom is 0.255 e. The lowest BCUT2D eigenvalue weighted by Gasteiger charge is -2.37. The van der Waals surface area contributed by atoms with Crippen molar-refractivity contribution in [3.63, 3.8) is 0 Å². The van der Waals surface area contributed by atoms with E-state index in [4.69, 9.17) is 4.74 Å². The molecule has 1 aromatic rings. The van der Waals surface area contributed by atoms with Gasteiger partial charge in [-0.2, -0.15) is 5.10 Å². The predicted molar refractivity (Wildman–Crippen MR) is 93.2 cm³/mol. The summed E-state index contributed by atoms with van der Waals surface area (Å²) in [6.07, 6.45) is 7.26. The number of carbonyl (C=O) groups is 1. The van der Waals surface area contributed by atoms with Gasteiger partial charge in [-0.05, 0) is 26.2 Å². The zero-order chi connectivity index (χ0) is 17.0. The largest absolute Gasteiger partial charge is 0.379 e. The van der Waals surface area contributed by atoms with Crippen LogP contribution in [0.2, 0.25) is 0 Å². The number of amides is 1. The second kappa shape index (κ2) is 7.66. The number of aryl methyl sites for hydroxylation is 1. The first-order chi connectivity index (χ1) is 11.6. The van der Waals surface area contributed by atoms with Crippen LogP contribution in [0, 0.1) is 6.92 Å². The van der Waals surface area contributed by atoms with Crippen LogP contribution in [-0.4, -0.2) is 59.0 Å². The van der Waals surface area contributed by atoms with Crippen molar-refractivity contribution in [2.45, 2.75) is 58.0 Å². The van der Waals surface area contributed by atoms with Gasteiger partial charge >= 0.3 is 0 Å². The van der Waals surface area contributed by atoms with Crippen LogP contribution in [0.25, 0.3) is 0 Å². The molecule has 24 heavy (non-hydrogen) atoms. The molecule has 1 aliphatic heterocycles. The van der Waals surface area contributed by atoms with Gasteiger partial charge in [0.25, 0.3) is 5.91 Å². The highest BCUT2D eigenvalue weighted by Crippen LogP contribution is 2.31. The molecule has 0 spiro atoms. The number of morpholine rings is 1. The van der Waals surface area contributed by atoms with Crippen LogP contribution in [0.15, 0.2) is 6.20 Å². The maximum atomic E-state index is 12.9. The molecule has 1 saturated heterocycles. The maximum absolute atomic E-state index is 12.9. The highest BCUT2D eigenvalue weighted by atomic mass is 16.5. The van der Waals surface area contributed by atoms with Gasteiger partial charge in [-0.3, -0.25) is 14.4 Å². The Labute approximate surface area is 144 Å². The van der Waals surface area contributed by atoms with Gasteiger partial charge in [0, 0.05) is 31.9 Å². The van der Waals surface area contributed by atoms with Gasteiger partial charge in [0.2, 0.25) is 0 Å². The Kier molecular flexibility index (Phi) is 5.56. The van der Waals surface area contributed by atoms with Crippen LogP contribution in [0.4, 0.5) is 0 Å². The number of ether oxygens (including phenoxy) is 1. The van der Waals surface area contributed by atoms with Crippen molar-refractivity contribution in [1.82, 2.24) is 20.0 Å². The fraction of sp³-hybridized carbons (Fsp3) is 0.778. The molecule has 2 fully saturated rings. The average Bonchev–Trinajstić information content (AvgIpc) is 3.17. The Hall–Kier alpha value is -1.40. The third-order valence-corrected chi connectivity index (χ3v) is 5.35. The third kappa shape index (κ3) is 3.81. The lowest BCUT2D eigenvalue weighted by molar-refractivity contribution is 0.0238. The number of nitrogens with one attached hydrogen (secondary N) is 1. The zero-order valence-corrected chi connectivity index (χ0v) is 15.0. The molecule has 134 valence electrons. The van der Waals surface area contributed by atoms with E-state index in [1.165, 1.54) is 12.8 Å². The molecule has 0 radical (unpaired) electrons. The van der Waals surface area contributed by atoms with E-state index in [2.05, 4.69) is 22.2 Å². The Balaban J connectivity index is 1.69. The minimum atomic E-state index is -0.0896. The highest BCUT2D eigenvalue weighted by Gasteiger charge is 2.38. The molecule has 2 aliphatic rings. The molecule has 0 aromatic carbocycles. The van der Waals surface area contributed by atoms with Crippen LogP contribution in [0.1, 0.15) is 55.1 Å². The highest BCUT2D eigenvalue weighted by molar-refractivity contribution is 5.95. The van der Waals surface area contributed by atoms with Crippen LogP contribution >= 0.6 is 0 Å². The van der Waals surface area contributed by atoms with Gasteiger partial charge in [-0.1, -0.05) is 19.8 Å². The summed E-state index contributed by atoms with van der Waals surface area (Å²) in [5.41, 5.74) is 1.60. The summed E-state index contributed by atoms with van der Waals surface area (Å²) < 4.78 is 7.38. The molecular formula is C18H30N4O2.